The maximum Gasteiger partial charge on any atom is 0.330 e. The van der Waals surface area contributed by atoms with Crippen LogP contribution >= 0.6 is 0 Å². The third-order valence-corrected chi connectivity index (χ3v) is 4.06. The van der Waals surface area contributed by atoms with Crippen molar-refractivity contribution in [3.8, 4) is 12.3 Å². The quantitative estimate of drug-likeness (QED) is 0.590. The zero-order valence-electron chi connectivity index (χ0n) is 14.1. The number of ether oxygens (including phenoxy) is 2. The van der Waals surface area contributed by atoms with E-state index in [1.165, 1.54) is 0 Å². The minimum absolute atomic E-state index is 0.132. The molecule has 4 atom stereocenters. The number of aromatic nitrogens is 2. The highest BCUT2D eigenvalue weighted by Crippen LogP contribution is 2.37. The lowest BCUT2D eigenvalue weighted by Gasteiger charge is -2.23. The number of aliphatic hydroxyl groups is 1. The average Bonchev–Trinajstić information content (AvgIpc) is 2.82. The topological polar surface area (TPSA) is 120 Å². The molecule has 2 heterocycles. The predicted octanol–water partition coefficient (Wildman–Crippen LogP) is -0.537. The molecule has 0 spiro atoms. The van der Waals surface area contributed by atoms with Crippen molar-refractivity contribution in [2.75, 3.05) is 13.2 Å². The summed E-state index contributed by atoms with van der Waals surface area (Å²) in [6.07, 6.45) is 3.19. The number of hydrogen-bond acceptors (Lipinski definition) is 6. The first-order chi connectivity index (χ1) is 11.7. The van der Waals surface area contributed by atoms with Crippen molar-refractivity contribution in [1.29, 1.82) is 0 Å². The van der Waals surface area contributed by atoms with E-state index in [1.807, 2.05) is 18.8 Å². The fourth-order valence-electron chi connectivity index (χ4n) is 2.41. The molecular formula is C16H22FN3O5. The molecule has 0 unspecified atom stereocenters. The number of alkyl halides is 1. The Morgan fingerprint density at radius 1 is 1.64 bits per heavy atom. The van der Waals surface area contributed by atoms with E-state index in [-0.39, 0.29) is 24.1 Å². The van der Waals surface area contributed by atoms with Gasteiger partial charge in [0.25, 0.3) is 5.56 Å². The summed E-state index contributed by atoms with van der Waals surface area (Å²) in [5.74, 6) is -0.0119. The second-order valence-corrected chi connectivity index (χ2v) is 6.44. The number of rotatable bonds is 6. The highest BCUT2D eigenvalue weighted by atomic mass is 19.2. The maximum absolute atomic E-state index is 14.8. The number of aliphatic hydroxyl groups excluding tert-OH is 1. The number of nitrogens with one attached hydrogen (secondary N) is 1. The van der Waals surface area contributed by atoms with Gasteiger partial charge in [-0.3, -0.25) is 14.3 Å². The van der Waals surface area contributed by atoms with E-state index in [2.05, 4.69) is 5.92 Å². The van der Waals surface area contributed by atoms with E-state index in [9.17, 15) is 19.1 Å². The van der Waals surface area contributed by atoms with Crippen LogP contribution in [0.2, 0.25) is 0 Å². The van der Waals surface area contributed by atoms with Crippen molar-refractivity contribution in [3.63, 3.8) is 0 Å². The van der Waals surface area contributed by atoms with E-state index < -0.39 is 42.5 Å². The van der Waals surface area contributed by atoms with Crippen LogP contribution in [0.1, 0.15) is 32.1 Å². The number of nitrogens with zero attached hydrogens (tertiary/aromatic N) is 1. The predicted molar refractivity (Wildman–Crippen MR) is 87.5 cm³/mol. The van der Waals surface area contributed by atoms with Gasteiger partial charge in [-0.1, -0.05) is 19.8 Å². The first kappa shape index (κ1) is 19.3. The number of hydrogen-bond donors (Lipinski definition) is 3. The van der Waals surface area contributed by atoms with Crippen molar-refractivity contribution >= 4 is 0 Å². The first-order valence-corrected chi connectivity index (χ1v) is 7.87. The largest absolute Gasteiger partial charge is 0.388 e. The van der Waals surface area contributed by atoms with Crippen LogP contribution in [-0.2, 0) is 9.47 Å². The smallest absolute Gasteiger partial charge is 0.330 e. The molecule has 1 aliphatic rings. The van der Waals surface area contributed by atoms with E-state index in [1.54, 1.807) is 0 Å². The molecule has 9 heteroatoms. The van der Waals surface area contributed by atoms with Crippen LogP contribution < -0.4 is 17.0 Å². The maximum atomic E-state index is 14.8. The number of aromatic amines is 1. The van der Waals surface area contributed by atoms with Crippen LogP contribution in [0.25, 0.3) is 0 Å². The zero-order chi connectivity index (χ0) is 18.8. The molecule has 0 radical (unpaired) electrons. The van der Waals surface area contributed by atoms with Gasteiger partial charge >= 0.3 is 5.69 Å². The molecule has 1 saturated heterocycles. The summed E-state index contributed by atoms with van der Waals surface area (Å²) in [4.78, 5) is 25.4. The Labute approximate surface area is 143 Å². The lowest BCUT2D eigenvalue weighted by molar-refractivity contribution is -0.191. The molecule has 0 amide bonds. The molecular weight excluding hydrogens is 333 g/mol. The van der Waals surface area contributed by atoms with Gasteiger partial charge in [0.05, 0.1) is 6.61 Å². The number of nitrogens with two attached hydrogens (primary N) is 1. The van der Waals surface area contributed by atoms with E-state index in [0.717, 1.165) is 10.8 Å². The standard InChI is InChI=1S/C16H22FN3O5/c1-4-10-6-20(15(23)19-13(10)22)14-12(21)5-16(17,25-14)8-24-7-11(18)9(2)3/h1,6,9,11-12,14,21H,5,7-8,18H2,2-3H3,(H,19,22,23)/t11-,12-,14-,16+/m1/s1. The minimum Gasteiger partial charge on any atom is -0.388 e. The third kappa shape index (κ3) is 4.35. The number of H-pyrrole nitrogens is 1. The van der Waals surface area contributed by atoms with Gasteiger partial charge in [0.1, 0.15) is 18.3 Å². The highest BCUT2D eigenvalue weighted by molar-refractivity contribution is 5.26. The van der Waals surface area contributed by atoms with Crippen LogP contribution in [0.4, 0.5) is 4.39 Å². The molecule has 4 N–H and O–H groups in total. The van der Waals surface area contributed by atoms with Gasteiger partial charge in [-0.15, -0.1) is 6.42 Å². The van der Waals surface area contributed by atoms with E-state index in [4.69, 9.17) is 21.6 Å². The van der Waals surface area contributed by atoms with Gasteiger partial charge in [-0.05, 0) is 5.92 Å². The Balaban J connectivity index is 2.12. The molecule has 8 nitrogen and oxygen atoms in total. The highest BCUT2D eigenvalue weighted by Gasteiger charge is 2.48. The van der Waals surface area contributed by atoms with Gasteiger partial charge in [0.15, 0.2) is 6.23 Å². The van der Waals surface area contributed by atoms with Crippen molar-refractivity contribution < 1.29 is 19.0 Å². The summed E-state index contributed by atoms with van der Waals surface area (Å²) in [7, 11) is 0. The van der Waals surface area contributed by atoms with Crippen LogP contribution in [0.15, 0.2) is 15.8 Å². The summed E-state index contributed by atoms with van der Waals surface area (Å²) in [5, 5.41) is 10.1. The van der Waals surface area contributed by atoms with Crippen molar-refractivity contribution in [1.82, 2.24) is 9.55 Å². The van der Waals surface area contributed by atoms with Gasteiger partial charge in [0, 0.05) is 18.7 Å². The van der Waals surface area contributed by atoms with Crippen LogP contribution in [0.3, 0.4) is 0 Å². The van der Waals surface area contributed by atoms with E-state index >= 15 is 0 Å². The van der Waals surface area contributed by atoms with Gasteiger partial charge < -0.3 is 20.3 Å². The SMILES string of the molecule is C#Cc1cn([C@@H]2O[C@](F)(COC[C@@H](N)C(C)C)C[C@H]2O)c(=O)[nH]c1=O. The van der Waals surface area contributed by atoms with Crippen molar-refractivity contribution in [2.45, 2.75) is 44.5 Å². The van der Waals surface area contributed by atoms with Crippen molar-refractivity contribution in [2.24, 2.45) is 11.7 Å². The molecule has 25 heavy (non-hydrogen) atoms. The Bertz CT molecular complexity index is 768. The van der Waals surface area contributed by atoms with Crippen LogP contribution in [0, 0.1) is 18.3 Å². The molecule has 0 bridgehead atoms. The molecule has 1 fully saturated rings. The van der Waals surface area contributed by atoms with E-state index in [0.29, 0.717) is 0 Å². The normalized spacial score (nSPS) is 27.4. The summed E-state index contributed by atoms with van der Waals surface area (Å²) >= 11 is 0. The second-order valence-electron chi connectivity index (χ2n) is 6.44. The monoisotopic (exact) mass is 355 g/mol. The third-order valence-electron chi connectivity index (χ3n) is 4.06. The summed E-state index contributed by atoms with van der Waals surface area (Å²) < 4.78 is 26.1. The lowest BCUT2D eigenvalue weighted by atomic mass is 10.1. The Morgan fingerprint density at radius 3 is 2.92 bits per heavy atom. The first-order valence-electron chi connectivity index (χ1n) is 7.87. The molecule has 1 aromatic heterocycles. The summed E-state index contributed by atoms with van der Waals surface area (Å²) in [6, 6.07) is -0.259. The number of halogens is 1. The summed E-state index contributed by atoms with van der Waals surface area (Å²) in [5.41, 5.74) is 4.08. The van der Waals surface area contributed by atoms with Gasteiger partial charge in [-0.2, -0.15) is 0 Å². The average molecular weight is 355 g/mol. The second kappa shape index (κ2) is 7.49. The Morgan fingerprint density at radius 2 is 2.32 bits per heavy atom. The molecule has 0 aliphatic carbocycles. The fourth-order valence-corrected chi connectivity index (χ4v) is 2.41. The minimum atomic E-state index is -2.29. The molecule has 1 aromatic rings. The Hall–Kier alpha value is -1.99. The summed E-state index contributed by atoms with van der Waals surface area (Å²) in [6.45, 7) is 3.52. The van der Waals surface area contributed by atoms with Crippen LogP contribution in [0.5, 0.6) is 0 Å². The van der Waals surface area contributed by atoms with Crippen LogP contribution in [-0.4, -0.2) is 45.9 Å². The molecule has 138 valence electrons. The van der Waals surface area contributed by atoms with Crippen molar-refractivity contribution in [3.05, 3.63) is 32.6 Å². The molecule has 0 saturated carbocycles. The zero-order valence-corrected chi connectivity index (χ0v) is 14.1. The molecule has 1 aliphatic heterocycles. The lowest BCUT2D eigenvalue weighted by Crippen LogP contribution is -2.38. The molecule has 0 aromatic carbocycles. The number of terminal acetylenes is 1. The Kier molecular flexibility index (Phi) is 5.80. The molecule has 2 rings (SSSR count). The fraction of sp³-hybridized carbons (Fsp3) is 0.625. The van der Waals surface area contributed by atoms with Gasteiger partial charge in [0.2, 0.25) is 5.85 Å². The van der Waals surface area contributed by atoms with Gasteiger partial charge in [-0.25, -0.2) is 9.18 Å².